The van der Waals surface area contributed by atoms with Gasteiger partial charge in [-0.2, -0.15) is 0 Å². The molecule has 0 radical (unpaired) electrons. The Morgan fingerprint density at radius 2 is 2.25 bits per heavy atom. The zero-order valence-corrected chi connectivity index (χ0v) is 6.36. The minimum atomic E-state index is 0.889. The average molecular weight is 160 g/mol. The standard InChI is InChI=1S/C9H8N2O/c12-11-6-8-3-1-2-7-4-5-10-9(7)8/h1-6,10,12H/b11-6+. The van der Waals surface area contributed by atoms with E-state index in [-0.39, 0.29) is 0 Å². The molecule has 12 heavy (non-hydrogen) atoms. The van der Waals surface area contributed by atoms with Crippen molar-refractivity contribution >= 4 is 17.1 Å². The van der Waals surface area contributed by atoms with Crippen molar-refractivity contribution in [2.45, 2.75) is 0 Å². The van der Waals surface area contributed by atoms with Crippen molar-refractivity contribution in [1.82, 2.24) is 4.98 Å². The van der Waals surface area contributed by atoms with Crippen molar-refractivity contribution in [3.63, 3.8) is 0 Å². The molecule has 0 aliphatic rings. The first-order chi connectivity index (χ1) is 5.92. The summed E-state index contributed by atoms with van der Waals surface area (Å²) in [4.78, 5) is 3.07. The van der Waals surface area contributed by atoms with Gasteiger partial charge in [-0.15, -0.1) is 0 Å². The summed E-state index contributed by atoms with van der Waals surface area (Å²) >= 11 is 0. The van der Waals surface area contributed by atoms with E-state index in [2.05, 4.69) is 10.1 Å². The summed E-state index contributed by atoms with van der Waals surface area (Å²) in [5, 5.41) is 12.5. The molecule has 0 spiro atoms. The number of oxime groups is 1. The average Bonchev–Trinajstić information content (AvgIpc) is 2.53. The van der Waals surface area contributed by atoms with Crippen LogP contribution in [0.1, 0.15) is 5.56 Å². The molecule has 0 atom stereocenters. The fourth-order valence-corrected chi connectivity index (χ4v) is 1.28. The Balaban J connectivity index is 2.73. The number of hydrogen-bond donors (Lipinski definition) is 2. The second kappa shape index (κ2) is 2.70. The third kappa shape index (κ3) is 0.955. The summed E-state index contributed by atoms with van der Waals surface area (Å²) in [5.41, 5.74) is 1.88. The Hall–Kier alpha value is -1.77. The van der Waals surface area contributed by atoms with Gasteiger partial charge in [0.15, 0.2) is 0 Å². The first-order valence-corrected chi connectivity index (χ1v) is 3.65. The summed E-state index contributed by atoms with van der Waals surface area (Å²) in [6, 6.07) is 7.79. The highest BCUT2D eigenvalue weighted by molar-refractivity contribution is 5.97. The highest BCUT2D eigenvalue weighted by atomic mass is 16.4. The van der Waals surface area contributed by atoms with Crippen LogP contribution in [0.3, 0.4) is 0 Å². The van der Waals surface area contributed by atoms with E-state index in [4.69, 9.17) is 5.21 Å². The topological polar surface area (TPSA) is 48.4 Å². The van der Waals surface area contributed by atoms with Gasteiger partial charge in [0.05, 0.1) is 11.7 Å². The number of aromatic amines is 1. The van der Waals surface area contributed by atoms with Crippen LogP contribution in [0.15, 0.2) is 35.6 Å². The number of nitrogens with one attached hydrogen (secondary N) is 1. The number of rotatable bonds is 1. The van der Waals surface area contributed by atoms with Crippen molar-refractivity contribution in [2.24, 2.45) is 5.16 Å². The van der Waals surface area contributed by atoms with Gasteiger partial charge in [0.25, 0.3) is 0 Å². The van der Waals surface area contributed by atoms with Gasteiger partial charge in [-0.3, -0.25) is 0 Å². The smallest absolute Gasteiger partial charge is 0.0754 e. The maximum absolute atomic E-state index is 8.37. The summed E-state index contributed by atoms with van der Waals surface area (Å²) in [5.74, 6) is 0. The molecule has 2 rings (SSSR count). The largest absolute Gasteiger partial charge is 0.411 e. The Kier molecular flexibility index (Phi) is 1.55. The van der Waals surface area contributed by atoms with Gasteiger partial charge in [-0.1, -0.05) is 23.4 Å². The molecule has 0 aliphatic heterocycles. The highest BCUT2D eigenvalue weighted by Gasteiger charge is 1.97. The first kappa shape index (κ1) is 6.91. The summed E-state index contributed by atoms with van der Waals surface area (Å²) in [6.07, 6.45) is 3.28. The number of fused-ring (bicyclic) bond motifs is 1. The molecule has 1 aromatic carbocycles. The van der Waals surface area contributed by atoms with Crippen LogP contribution in [0.2, 0.25) is 0 Å². The van der Waals surface area contributed by atoms with Crippen LogP contribution in [0, 0.1) is 0 Å². The second-order valence-corrected chi connectivity index (χ2v) is 2.53. The monoisotopic (exact) mass is 160 g/mol. The van der Waals surface area contributed by atoms with Crippen LogP contribution in [0.4, 0.5) is 0 Å². The number of benzene rings is 1. The van der Waals surface area contributed by atoms with Gasteiger partial charge in [-0.05, 0) is 6.07 Å². The molecule has 0 amide bonds. The highest BCUT2D eigenvalue weighted by Crippen LogP contribution is 2.14. The zero-order valence-electron chi connectivity index (χ0n) is 6.36. The number of nitrogens with zero attached hydrogens (tertiary/aromatic N) is 1. The molecule has 0 saturated carbocycles. The van der Waals surface area contributed by atoms with Crippen LogP contribution in [0.5, 0.6) is 0 Å². The van der Waals surface area contributed by atoms with E-state index in [9.17, 15) is 0 Å². The van der Waals surface area contributed by atoms with Crippen LogP contribution >= 0.6 is 0 Å². The summed E-state index contributed by atoms with van der Waals surface area (Å²) < 4.78 is 0. The van der Waals surface area contributed by atoms with Crippen molar-refractivity contribution in [3.05, 3.63) is 36.0 Å². The summed E-state index contributed by atoms with van der Waals surface area (Å²) in [7, 11) is 0. The number of hydrogen-bond acceptors (Lipinski definition) is 2. The predicted molar refractivity (Wildman–Crippen MR) is 47.7 cm³/mol. The lowest BCUT2D eigenvalue weighted by Gasteiger charge is -1.93. The lowest BCUT2D eigenvalue weighted by molar-refractivity contribution is 0.322. The van der Waals surface area contributed by atoms with E-state index < -0.39 is 0 Å². The molecular formula is C9H8N2O. The molecule has 0 fully saturated rings. The molecule has 0 saturated heterocycles. The van der Waals surface area contributed by atoms with Crippen LogP contribution < -0.4 is 0 Å². The van der Waals surface area contributed by atoms with E-state index in [0.29, 0.717) is 0 Å². The minimum Gasteiger partial charge on any atom is -0.411 e. The zero-order chi connectivity index (χ0) is 8.39. The van der Waals surface area contributed by atoms with Gasteiger partial charge in [0.2, 0.25) is 0 Å². The molecular weight excluding hydrogens is 152 g/mol. The first-order valence-electron chi connectivity index (χ1n) is 3.65. The second-order valence-electron chi connectivity index (χ2n) is 2.53. The molecule has 2 aromatic rings. The Bertz CT molecular complexity index is 417. The lowest BCUT2D eigenvalue weighted by Crippen LogP contribution is -1.82. The van der Waals surface area contributed by atoms with E-state index in [1.54, 1.807) is 0 Å². The molecule has 0 aliphatic carbocycles. The maximum Gasteiger partial charge on any atom is 0.0754 e. The van der Waals surface area contributed by atoms with Crippen molar-refractivity contribution in [2.75, 3.05) is 0 Å². The Morgan fingerprint density at radius 3 is 3.08 bits per heavy atom. The van der Waals surface area contributed by atoms with Gasteiger partial charge in [0.1, 0.15) is 0 Å². The third-order valence-corrected chi connectivity index (χ3v) is 1.82. The molecule has 1 aromatic heterocycles. The van der Waals surface area contributed by atoms with Gasteiger partial charge in [-0.25, -0.2) is 0 Å². The Labute approximate surface area is 69.3 Å². The van der Waals surface area contributed by atoms with E-state index in [0.717, 1.165) is 16.5 Å². The van der Waals surface area contributed by atoms with Crippen LogP contribution in [0.25, 0.3) is 10.9 Å². The van der Waals surface area contributed by atoms with E-state index in [1.807, 2.05) is 30.5 Å². The van der Waals surface area contributed by atoms with E-state index in [1.165, 1.54) is 6.21 Å². The molecule has 0 unspecified atom stereocenters. The van der Waals surface area contributed by atoms with Gasteiger partial charge in [0, 0.05) is 17.1 Å². The molecule has 2 N–H and O–H groups in total. The van der Waals surface area contributed by atoms with Crippen molar-refractivity contribution < 1.29 is 5.21 Å². The maximum atomic E-state index is 8.37. The molecule has 60 valence electrons. The SMILES string of the molecule is O/N=C/c1cccc2cc[nH]c12. The lowest BCUT2D eigenvalue weighted by atomic mass is 10.2. The number of H-pyrrole nitrogens is 1. The van der Waals surface area contributed by atoms with Gasteiger partial charge < -0.3 is 10.2 Å². The summed E-state index contributed by atoms with van der Waals surface area (Å²) in [6.45, 7) is 0. The quantitative estimate of drug-likeness (QED) is 0.374. The molecule has 0 bridgehead atoms. The molecule has 3 nitrogen and oxygen atoms in total. The number of aromatic nitrogens is 1. The fourth-order valence-electron chi connectivity index (χ4n) is 1.28. The Morgan fingerprint density at radius 1 is 1.33 bits per heavy atom. The third-order valence-electron chi connectivity index (χ3n) is 1.82. The predicted octanol–water partition coefficient (Wildman–Crippen LogP) is 1.98. The minimum absolute atomic E-state index is 0.889. The van der Waals surface area contributed by atoms with Crippen LogP contribution in [-0.4, -0.2) is 16.4 Å². The van der Waals surface area contributed by atoms with Gasteiger partial charge >= 0.3 is 0 Å². The van der Waals surface area contributed by atoms with Crippen molar-refractivity contribution in [3.8, 4) is 0 Å². The van der Waals surface area contributed by atoms with Crippen LogP contribution in [-0.2, 0) is 0 Å². The molecule has 3 heteroatoms. The van der Waals surface area contributed by atoms with Crippen molar-refractivity contribution in [1.29, 1.82) is 0 Å². The number of para-hydroxylation sites is 1. The molecule has 1 heterocycles. The normalized spacial score (nSPS) is 11.3. The van der Waals surface area contributed by atoms with E-state index >= 15 is 0 Å². The fraction of sp³-hybridized carbons (Fsp3) is 0.